The van der Waals surface area contributed by atoms with Crippen molar-refractivity contribution in [2.45, 2.75) is 31.6 Å². The van der Waals surface area contributed by atoms with E-state index in [2.05, 4.69) is 50.1 Å². The van der Waals surface area contributed by atoms with Gasteiger partial charge in [-0.25, -0.2) is 0 Å². The molecule has 3 rings (SSSR count). The van der Waals surface area contributed by atoms with Gasteiger partial charge in [-0.3, -0.25) is 4.79 Å². The lowest BCUT2D eigenvalue weighted by Gasteiger charge is -2.29. The third-order valence-electron chi connectivity index (χ3n) is 5.60. The summed E-state index contributed by atoms with van der Waals surface area (Å²) in [4.78, 5) is 17.8. The third kappa shape index (κ3) is 4.78. The Labute approximate surface area is 156 Å². The van der Waals surface area contributed by atoms with Crippen molar-refractivity contribution in [2.75, 3.05) is 52.1 Å². The number of quaternary nitrogens is 2. The van der Waals surface area contributed by atoms with Crippen LogP contribution in [-0.4, -0.2) is 62.9 Å². The Morgan fingerprint density at radius 2 is 1.84 bits per heavy atom. The average molecular weight is 364 g/mol. The lowest BCUT2D eigenvalue weighted by molar-refractivity contribution is -1.00. The maximum absolute atomic E-state index is 12.4. The van der Waals surface area contributed by atoms with Gasteiger partial charge in [0.15, 0.2) is 0 Å². The summed E-state index contributed by atoms with van der Waals surface area (Å²) >= 11 is 1.78. The van der Waals surface area contributed by atoms with E-state index >= 15 is 0 Å². The molecular weight excluding hydrogens is 330 g/mol. The Morgan fingerprint density at radius 3 is 2.48 bits per heavy atom. The first kappa shape index (κ1) is 18.7. The molecule has 25 heavy (non-hydrogen) atoms. The lowest BCUT2D eigenvalue weighted by Crippen LogP contribution is -3.27. The highest BCUT2D eigenvalue weighted by Crippen LogP contribution is 2.38. The fourth-order valence-electron chi connectivity index (χ4n) is 3.80. The summed E-state index contributed by atoms with van der Waals surface area (Å²) in [6, 6.07) is 8.87. The second kappa shape index (κ2) is 8.56. The van der Waals surface area contributed by atoms with Crippen molar-refractivity contribution in [2.24, 2.45) is 0 Å². The summed E-state index contributed by atoms with van der Waals surface area (Å²) in [5, 5.41) is 0.209. The summed E-state index contributed by atoms with van der Waals surface area (Å²) in [5.41, 5.74) is 2.64. The Morgan fingerprint density at radius 1 is 1.16 bits per heavy atom. The molecule has 2 fully saturated rings. The van der Waals surface area contributed by atoms with E-state index in [1.54, 1.807) is 21.6 Å². The molecule has 2 N–H and O–H groups in total. The van der Waals surface area contributed by atoms with Crippen LogP contribution < -0.4 is 9.80 Å². The Kier molecular flexibility index (Phi) is 6.42. The van der Waals surface area contributed by atoms with Gasteiger partial charge in [0.05, 0.1) is 19.3 Å². The van der Waals surface area contributed by atoms with Crippen LogP contribution in [0.1, 0.15) is 42.7 Å². The minimum atomic E-state index is 0.209. The molecule has 0 aromatic heterocycles. The fourth-order valence-corrected chi connectivity index (χ4v) is 5.02. The van der Waals surface area contributed by atoms with Gasteiger partial charge in [-0.2, -0.15) is 0 Å². The zero-order valence-electron chi connectivity index (χ0n) is 15.9. The number of carbonyl (C=O) groups excluding carboxylic acids is 1. The van der Waals surface area contributed by atoms with Gasteiger partial charge in [0, 0.05) is 13.0 Å². The molecule has 2 aliphatic rings. The molecule has 1 atom stereocenters. The zero-order valence-corrected chi connectivity index (χ0v) is 16.7. The molecule has 0 saturated carbocycles. The van der Waals surface area contributed by atoms with E-state index in [-0.39, 0.29) is 5.37 Å². The predicted octanol–water partition coefficient (Wildman–Crippen LogP) is 0.187. The Bertz CT molecular complexity index is 567. The molecule has 0 radical (unpaired) electrons. The van der Waals surface area contributed by atoms with Gasteiger partial charge in [0.2, 0.25) is 5.91 Å². The monoisotopic (exact) mass is 363 g/mol. The third-order valence-corrected chi connectivity index (χ3v) is 6.85. The van der Waals surface area contributed by atoms with Crippen LogP contribution in [0.3, 0.4) is 0 Å². The molecule has 1 aromatic rings. The molecule has 138 valence electrons. The number of likely N-dealkylation sites (N-methyl/N-ethyl adjacent to an activating group) is 1. The topological polar surface area (TPSA) is 29.2 Å². The summed E-state index contributed by atoms with van der Waals surface area (Å²) in [7, 11) is 2.28. The largest absolute Gasteiger partial charge is 0.328 e. The number of hydrogen-bond acceptors (Lipinski definition) is 2. The molecule has 2 heterocycles. The van der Waals surface area contributed by atoms with Crippen LogP contribution in [0.2, 0.25) is 0 Å². The molecule has 0 bridgehead atoms. The number of benzene rings is 1. The van der Waals surface area contributed by atoms with Gasteiger partial charge in [0.25, 0.3) is 0 Å². The van der Waals surface area contributed by atoms with Crippen LogP contribution >= 0.6 is 11.8 Å². The number of amides is 1. The smallest absolute Gasteiger partial charge is 0.233 e. The van der Waals surface area contributed by atoms with E-state index in [1.165, 1.54) is 43.9 Å². The van der Waals surface area contributed by atoms with Crippen molar-refractivity contribution < 1.29 is 14.6 Å². The number of carbonyl (C=O) groups is 1. The van der Waals surface area contributed by atoms with Gasteiger partial charge in [0.1, 0.15) is 31.6 Å². The normalized spacial score (nSPS) is 27.3. The maximum atomic E-state index is 12.4. The maximum Gasteiger partial charge on any atom is 0.233 e. The van der Waals surface area contributed by atoms with Gasteiger partial charge in [-0.15, -0.1) is 11.8 Å². The lowest BCUT2D eigenvalue weighted by atomic mass is 10.0. The number of nitrogens with one attached hydrogen (secondary N) is 2. The number of rotatable bonds is 6. The minimum absolute atomic E-state index is 0.209. The second-order valence-corrected chi connectivity index (χ2v) is 8.95. The van der Waals surface area contributed by atoms with E-state index in [0.717, 1.165) is 13.0 Å². The van der Waals surface area contributed by atoms with Crippen molar-refractivity contribution in [3.63, 3.8) is 0 Å². The standard InChI is InChI=1S/C20H31N3OS/c1-16(2)17-5-7-18(8-6-17)20-23(19(24)15-25-20)10-4-9-22-13-11-21(3)12-14-22/h5-8,16,20H,4,9-15H2,1-3H3/p+2/t20-/m0/s1. The summed E-state index contributed by atoms with van der Waals surface area (Å²) in [6.45, 7) is 11.6. The van der Waals surface area contributed by atoms with E-state index < -0.39 is 0 Å². The van der Waals surface area contributed by atoms with Crippen LogP contribution in [0.25, 0.3) is 0 Å². The van der Waals surface area contributed by atoms with E-state index in [1.807, 2.05) is 0 Å². The summed E-state index contributed by atoms with van der Waals surface area (Å²) in [5.74, 6) is 1.48. The van der Waals surface area contributed by atoms with Crippen LogP contribution in [0.5, 0.6) is 0 Å². The van der Waals surface area contributed by atoms with Crippen LogP contribution in [0.15, 0.2) is 24.3 Å². The van der Waals surface area contributed by atoms with Crippen molar-refractivity contribution in [3.8, 4) is 0 Å². The molecule has 0 spiro atoms. The SMILES string of the molecule is CC(C)c1ccc([C@@H]2SCC(=O)N2CCC[NH+]2CC[NH+](C)CC2)cc1. The van der Waals surface area contributed by atoms with Gasteiger partial charge in [-0.1, -0.05) is 38.1 Å². The first-order chi connectivity index (χ1) is 12.0. The highest BCUT2D eigenvalue weighted by molar-refractivity contribution is 8.00. The molecule has 0 aliphatic carbocycles. The number of nitrogens with zero attached hydrogens (tertiary/aromatic N) is 1. The molecule has 4 nitrogen and oxygen atoms in total. The van der Waals surface area contributed by atoms with E-state index in [9.17, 15) is 4.79 Å². The van der Waals surface area contributed by atoms with Crippen LogP contribution in [-0.2, 0) is 4.79 Å². The number of hydrogen-bond donors (Lipinski definition) is 2. The van der Waals surface area contributed by atoms with Crippen molar-refractivity contribution in [3.05, 3.63) is 35.4 Å². The molecule has 0 unspecified atom stereocenters. The molecule has 1 amide bonds. The highest BCUT2D eigenvalue weighted by Gasteiger charge is 2.32. The van der Waals surface area contributed by atoms with Crippen molar-refractivity contribution in [1.82, 2.24) is 4.90 Å². The molecule has 1 aromatic carbocycles. The average Bonchev–Trinajstić information content (AvgIpc) is 2.98. The Hall–Kier alpha value is -1.04. The van der Waals surface area contributed by atoms with Crippen LogP contribution in [0.4, 0.5) is 0 Å². The first-order valence-corrected chi connectivity index (χ1v) is 10.8. The second-order valence-electron chi connectivity index (χ2n) is 7.88. The first-order valence-electron chi connectivity index (χ1n) is 9.70. The van der Waals surface area contributed by atoms with Crippen molar-refractivity contribution >= 4 is 17.7 Å². The van der Waals surface area contributed by atoms with E-state index in [4.69, 9.17) is 0 Å². The van der Waals surface area contributed by atoms with Crippen LogP contribution in [0, 0.1) is 0 Å². The fraction of sp³-hybridized carbons (Fsp3) is 0.650. The van der Waals surface area contributed by atoms with Gasteiger partial charge in [-0.05, 0) is 17.0 Å². The highest BCUT2D eigenvalue weighted by atomic mass is 32.2. The molecular formula is C20H33N3OS+2. The van der Waals surface area contributed by atoms with Crippen molar-refractivity contribution in [1.29, 1.82) is 0 Å². The summed E-state index contributed by atoms with van der Waals surface area (Å²) < 4.78 is 0. The van der Waals surface area contributed by atoms with E-state index in [0.29, 0.717) is 17.6 Å². The minimum Gasteiger partial charge on any atom is -0.328 e. The summed E-state index contributed by atoms with van der Waals surface area (Å²) in [6.07, 6.45) is 1.11. The Balaban J connectivity index is 1.54. The molecule has 2 saturated heterocycles. The van der Waals surface area contributed by atoms with Gasteiger partial charge >= 0.3 is 0 Å². The predicted molar refractivity (Wildman–Crippen MR) is 104 cm³/mol. The molecule has 5 heteroatoms. The van der Waals surface area contributed by atoms with Gasteiger partial charge < -0.3 is 14.7 Å². The number of piperazine rings is 1. The number of thioether (sulfide) groups is 1. The molecule has 2 aliphatic heterocycles. The quantitative estimate of drug-likeness (QED) is 0.755. The zero-order chi connectivity index (χ0) is 17.8.